The molecular weight excluding hydrogens is 195 g/mol. The molecule has 0 N–H and O–H groups in total. The first kappa shape index (κ1) is 9.67. The van der Waals surface area contributed by atoms with Crippen LogP contribution in [0.3, 0.4) is 0 Å². The summed E-state index contributed by atoms with van der Waals surface area (Å²) in [7, 11) is 4.45. The Kier molecular flexibility index (Phi) is 29.0. The number of carbonyl (C=O) groups excluding carboxylic acids is 1. The van der Waals surface area contributed by atoms with Crippen LogP contribution in [0, 0.1) is 0 Å². The first-order valence-corrected chi connectivity index (χ1v) is 2.92. The van der Waals surface area contributed by atoms with Gasteiger partial charge in [-0.1, -0.05) is 0 Å². The quantitative estimate of drug-likeness (QED) is 0.349. The van der Waals surface area contributed by atoms with Gasteiger partial charge in [0.25, 0.3) is 0 Å². The molecule has 0 amide bonds. The van der Waals surface area contributed by atoms with Crippen LogP contribution in [-0.4, -0.2) is 6.29 Å². The van der Waals surface area contributed by atoms with Crippen molar-refractivity contribution < 1.29 is 24.8 Å². The van der Waals surface area contributed by atoms with E-state index < -0.39 is 0 Å². The summed E-state index contributed by atoms with van der Waals surface area (Å²) < 4.78 is 0. The summed E-state index contributed by atoms with van der Waals surface area (Å²) in [5, 5.41) is 0. The van der Waals surface area contributed by atoms with Gasteiger partial charge in [-0.25, -0.2) is 12.7 Å². The van der Waals surface area contributed by atoms with Crippen molar-refractivity contribution in [3.8, 4) is 0 Å². The average molecular weight is 198 g/mol. The first-order valence-electron chi connectivity index (χ1n) is 1.02. The van der Waals surface area contributed by atoms with Crippen molar-refractivity contribution in [1.29, 1.82) is 0 Å². The minimum atomic E-state index is 1.07. The van der Waals surface area contributed by atoms with Crippen LogP contribution in [0.25, 0.3) is 0 Å². The van der Waals surface area contributed by atoms with Crippen molar-refractivity contribution in [1.82, 2.24) is 0 Å². The molecule has 0 heterocycles. The zero-order chi connectivity index (χ0) is 5.41. The predicted octanol–water partition coefficient (Wildman–Crippen LogP) is 0.969. The zero-order valence-electron chi connectivity index (χ0n) is 2.87. The molecule has 6 heavy (non-hydrogen) atoms. The van der Waals surface area contributed by atoms with Crippen molar-refractivity contribution in [2.45, 2.75) is 0 Å². The molecule has 0 aliphatic carbocycles. The summed E-state index contributed by atoms with van der Waals surface area (Å²) in [6.07, 6.45) is 2.51. The molecule has 0 unspecified atom stereocenters. The fourth-order valence-electron chi connectivity index (χ4n) is 0. The Morgan fingerprint density at radius 1 is 1.83 bits per heavy atom. The van der Waals surface area contributed by atoms with Crippen LogP contribution in [0.4, 0.5) is 0 Å². The normalized spacial score (nSPS) is 4.50. The summed E-state index contributed by atoms with van der Waals surface area (Å²) >= 11 is 2.42. The molecule has 0 saturated heterocycles. The Bertz CT molecular complexity index is 31.8. The van der Waals surface area contributed by atoms with Gasteiger partial charge in [0, 0.05) is 0 Å². The van der Waals surface area contributed by atoms with Crippen LogP contribution in [-0.2, 0) is 24.8 Å². The number of hydrogen-bond acceptors (Lipinski definition) is 1. The summed E-state index contributed by atoms with van der Waals surface area (Å²) in [6, 6.07) is 0. The van der Waals surface area contributed by atoms with Crippen LogP contribution in [0.5, 0.6) is 0 Å². The first-order chi connectivity index (χ1) is 2.91. The average Bonchev–Trinajstić information content (AvgIpc) is 1.72. The second-order valence-corrected chi connectivity index (χ2v) is 0.322. The summed E-state index contributed by atoms with van der Waals surface area (Å²) in [5.41, 5.74) is 0. The van der Waals surface area contributed by atoms with Gasteiger partial charge in [-0.2, -0.15) is 0 Å². The van der Waals surface area contributed by atoms with E-state index in [0.717, 1.165) is 6.08 Å². The summed E-state index contributed by atoms with van der Waals surface area (Å²) in [6.45, 7) is 3.06. The van der Waals surface area contributed by atoms with Gasteiger partial charge in [0.2, 0.25) is 0 Å². The van der Waals surface area contributed by atoms with E-state index in [2.05, 4.69) is 35.8 Å². The van der Waals surface area contributed by atoms with Crippen molar-refractivity contribution in [3.05, 3.63) is 12.7 Å². The van der Waals surface area contributed by atoms with Crippen molar-refractivity contribution >= 4 is 15.5 Å². The van der Waals surface area contributed by atoms with Crippen molar-refractivity contribution in [3.63, 3.8) is 0 Å². The third-order valence-corrected chi connectivity index (χ3v) is 0.0833. The molecule has 0 aromatic carbocycles. The standard InChI is InChI=1S/C3H3O.Ag.ClH/c1-2-3-4;;/h2H,1H2;;1H/q-1;+1;/p-1. The summed E-state index contributed by atoms with van der Waals surface area (Å²) in [5.74, 6) is 0. The van der Waals surface area contributed by atoms with Gasteiger partial charge in [-0.05, 0) is 6.29 Å². The van der Waals surface area contributed by atoms with Gasteiger partial charge in [-0.3, -0.25) is 0 Å². The van der Waals surface area contributed by atoms with Crippen LogP contribution >= 0.6 is 9.19 Å². The van der Waals surface area contributed by atoms with Crippen molar-refractivity contribution in [2.24, 2.45) is 0 Å². The van der Waals surface area contributed by atoms with E-state index in [1.165, 1.54) is 6.29 Å². The fraction of sp³-hybridized carbons (Fsp3) is 0. The Labute approximate surface area is 53.1 Å². The molecule has 1 nitrogen and oxygen atoms in total. The van der Waals surface area contributed by atoms with Gasteiger partial charge in [-0.15, -0.1) is 0 Å². The Morgan fingerprint density at radius 2 is 2.00 bits per heavy atom. The number of allylic oxidation sites excluding steroid dienone is 1. The van der Waals surface area contributed by atoms with Gasteiger partial charge in [0.05, 0.1) is 0 Å². The van der Waals surface area contributed by atoms with E-state index in [9.17, 15) is 0 Å². The maximum absolute atomic E-state index is 8.93. The van der Waals surface area contributed by atoms with E-state index in [1.54, 1.807) is 0 Å². The van der Waals surface area contributed by atoms with Crippen LogP contribution in [0.2, 0.25) is 0 Å². The molecule has 0 fully saturated rings. The predicted molar refractivity (Wildman–Crippen MR) is 21.7 cm³/mol. The number of rotatable bonds is 1. The van der Waals surface area contributed by atoms with E-state index in [-0.39, 0.29) is 0 Å². The Morgan fingerprint density at radius 3 is 2.00 bits per heavy atom. The molecule has 0 aromatic heterocycles. The molecule has 0 radical (unpaired) electrons. The molecule has 0 rings (SSSR count). The van der Waals surface area contributed by atoms with Crippen LogP contribution < -0.4 is 0 Å². The number of hydrogen-bond donors (Lipinski definition) is 0. The van der Waals surface area contributed by atoms with E-state index in [1.807, 2.05) is 0 Å². The Balaban J connectivity index is 0. The molecule has 0 aromatic rings. The minimum absolute atomic E-state index is 1.07. The molecule has 0 atom stereocenters. The molecule has 0 aliphatic heterocycles. The maximum atomic E-state index is 8.93. The molecule has 40 valence electrons. The monoisotopic (exact) mass is 197 g/mol. The zero-order valence-corrected chi connectivity index (χ0v) is 5.11. The molecule has 3 heteroatoms. The number of halogens is 1. The van der Waals surface area contributed by atoms with Gasteiger partial charge >= 0.3 is 29.2 Å². The Hall–Kier alpha value is 0.440. The molecule has 0 aliphatic rings. The van der Waals surface area contributed by atoms with Crippen molar-refractivity contribution in [2.75, 3.05) is 0 Å². The summed E-state index contributed by atoms with van der Waals surface area (Å²) in [4.78, 5) is 8.93. The fourth-order valence-corrected chi connectivity index (χ4v) is 0. The molecule has 0 spiro atoms. The molecule has 0 bridgehead atoms. The van der Waals surface area contributed by atoms with Gasteiger partial charge in [0.1, 0.15) is 0 Å². The van der Waals surface area contributed by atoms with E-state index in [4.69, 9.17) is 4.79 Å². The van der Waals surface area contributed by atoms with Crippen LogP contribution in [0.1, 0.15) is 0 Å². The second kappa shape index (κ2) is 18.0. The van der Waals surface area contributed by atoms with Gasteiger partial charge < -0.3 is 4.79 Å². The molecular formula is C3H3AgClO-. The van der Waals surface area contributed by atoms with Crippen LogP contribution in [0.15, 0.2) is 12.7 Å². The van der Waals surface area contributed by atoms with Gasteiger partial charge in [0.15, 0.2) is 0 Å². The van der Waals surface area contributed by atoms with E-state index >= 15 is 0 Å². The third-order valence-electron chi connectivity index (χ3n) is 0.0833. The van der Waals surface area contributed by atoms with E-state index in [0.29, 0.717) is 0 Å². The third kappa shape index (κ3) is 25.3. The molecule has 0 saturated carbocycles. The SMILES string of the molecule is C=C[C-]=O.[Cl][Ag]. The second-order valence-electron chi connectivity index (χ2n) is 0.322. The topological polar surface area (TPSA) is 17.1 Å².